The van der Waals surface area contributed by atoms with Crippen LogP contribution in [0.2, 0.25) is 5.02 Å². The first-order valence-electron chi connectivity index (χ1n) is 6.13. The van der Waals surface area contributed by atoms with Gasteiger partial charge in [-0.1, -0.05) is 31.5 Å². The smallest absolute Gasteiger partial charge is 0.339 e. The van der Waals surface area contributed by atoms with Crippen LogP contribution in [0.3, 0.4) is 0 Å². The number of hydrogen-bond donors (Lipinski definition) is 2. The molecule has 0 heterocycles. The maximum absolute atomic E-state index is 11.2. The summed E-state index contributed by atoms with van der Waals surface area (Å²) in [6.07, 6.45) is 0. The van der Waals surface area contributed by atoms with Crippen LogP contribution in [0, 0.1) is 5.41 Å². The monoisotopic (exact) mass is 284 g/mol. The van der Waals surface area contributed by atoms with Crippen LogP contribution < -0.4 is 5.32 Å². The summed E-state index contributed by atoms with van der Waals surface area (Å²) in [6.45, 7) is 5.84. The molecule has 4 nitrogen and oxygen atoms in total. The summed E-state index contributed by atoms with van der Waals surface area (Å²) in [6, 6.07) is 5.07. The lowest BCUT2D eigenvalue weighted by molar-refractivity contribution is 0.0698. The van der Waals surface area contributed by atoms with Crippen LogP contribution in [0.25, 0.3) is 0 Å². The lowest BCUT2D eigenvalue weighted by atomic mass is 9.92. The minimum Gasteiger partial charge on any atom is -0.478 e. The Morgan fingerprint density at radius 3 is 2.58 bits per heavy atom. The maximum Gasteiger partial charge on any atom is 0.339 e. The average Bonchev–Trinajstić information content (AvgIpc) is 2.24. The number of halogens is 1. The molecule has 0 unspecified atom stereocenters. The van der Waals surface area contributed by atoms with Crippen LogP contribution >= 0.6 is 11.6 Å². The van der Waals surface area contributed by atoms with Crippen LogP contribution in [-0.2, 0) is 0 Å². The lowest BCUT2D eigenvalue weighted by Crippen LogP contribution is -2.34. The zero-order chi connectivity index (χ0) is 14.6. The number of nitrogens with zero attached hydrogens (tertiary/aromatic N) is 1. The average molecular weight is 285 g/mol. The van der Waals surface area contributed by atoms with Crippen LogP contribution in [0.4, 0.5) is 5.69 Å². The number of carboxylic acid groups (broad SMARTS) is 1. The molecule has 0 radical (unpaired) electrons. The Bertz CT molecular complexity index is 459. The molecule has 0 amide bonds. The molecule has 0 fully saturated rings. The number of aromatic carboxylic acids is 1. The summed E-state index contributed by atoms with van der Waals surface area (Å²) in [5.41, 5.74) is 0.721. The molecule has 0 spiro atoms. The fourth-order valence-electron chi connectivity index (χ4n) is 2.14. The quantitative estimate of drug-likeness (QED) is 0.843. The highest BCUT2D eigenvalue weighted by molar-refractivity contribution is 6.34. The Morgan fingerprint density at radius 1 is 1.42 bits per heavy atom. The lowest BCUT2D eigenvalue weighted by Gasteiger charge is -2.29. The molecule has 2 N–H and O–H groups in total. The Labute approximate surface area is 119 Å². The van der Waals surface area contributed by atoms with Crippen LogP contribution in [0.5, 0.6) is 0 Å². The number of nitrogens with one attached hydrogen (secondary N) is 1. The van der Waals surface area contributed by atoms with Crippen molar-refractivity contribution in [2.24, 2.45) is 5.41 Å². The van der Waals surface area contributed by atoms with Crippen molar-refractivity contribution >= 4 is 23.3 Å². The van der Waals surface area contributed by atoms with Gasteiger partial charge in [-0.3, -0.25) is 0 Å². The minimum absolute atomic E-state index is 0.0294. The number of carbonyl (C=O) groups is 1. The molecule has 0 atom stereocenters. The zero-order valence-corrected chi connectivity index (χ0v) is 12.6. The fraction of sp³-hybridized carbons (Fsp3) is 0.500. The van der Waals surface area contributed by atoms with Gasteiger partial charge in [0.1, 0.15) is 5.56 Å². The van der Waals surface area contributed by atoms with Gasteiger partial charge >= 0.3 is 5.97 Å². The standard InChI is InChI=1S/C14H21ClN2O2/c1-14(2,9-17(3)4)8-16-11-7-5-6-10(15)12(11)13(18)19/h5-7,16H,8-9H2,1-4H3,(H,18,19). The summed E-state index contributed by atoms with van der Waals surface area (Å²) in [5, 5.41) is 12.6. The molecular weight excluding hydrogens is 264 g/mol. The number of benzene rings is 1. The van der Waals surface area contributed by atoms with E-state index in [0.717, 1.165) is 6.54 Å². The van der Waals surface area contributed by atoms with Gasteiger partial charge in [-0.2, -0.15) is 0 Å². The first kappa shape index (κ1) is 15.8. The van der Waals surface area contributed by atoms with E-state index in [9.17, 15) is 9.90 Å². The largest absolute Gasteiger partial charge is 0.478 e. The van der Waals surface area contributed by atoms with E-state index in [0.29, 0.717) is 12.2 Å². The Morgan fingerprint density at radius 2 is 2.05 bits per heavy atom. The molecule has 1 rings (SSSR count). The van der Waals surface area contributed by atoms with Crippen LogP contribution in [0.15, 0.2) is 18.2 Å². The number of rotatable bonds is 6. The van der Waals surface area contributed by atoms with Gasteiger partial charge in [0.25, 0.3) is 0 Å². The van der Waals surface area contributed by atoms with Crippen molar-refractivity contribution in [2.75, 3.05) is 32.5 Å². The molecular formula is C14H21ClN2O2. The molecule has 0 bridgehead atoms. The van der Waals surface area contributed by atoms with Gasteiger partial charge in [-0.15, -0.1) is 0 Å². The second-order valence-corrected chi connectivity index (χ2v) is 6.13. The molecule has 0 saturated carbocycles. The first-order chi connectivity index (χ1) is 8.73. The Hall–Kier alpha value is -1.26. The van der Waals surface area contributed by atoms with E-state index in [1.807, 2.05) is 14.1 Å². The third-order valence-corrected chi connectivity index (χ3v) is 3.04. The molecule has 0 saturated heterocycles. The molecule has 0 aliphatic rings. The molecule has 1 aromatic rings. The van der Waals surface area contributed by atoms with Crippen molar-refractivity contribution in [1.82, 2.24) is 4.90 Å². The molecule has 106 valence electrons. The first-order valence-corrected chi connectivity index (χ1v) is 6.51. The maximum atomic E-state index is 11.2. The Kier molecular flexibility index (Phi) is 5.20. The summed E-state index contributed by atoms with van der Waals surface area (Å²) in [5.74, 6) is -1.02. The minimum atomic E-state index is -1.02. The van der Waals surface area contributed by atoms with Gasteiger partial charge in [0.2, 0.25) is 0 Å². The fourth-order valence-corrected chi connectivity index (χ4v) is 2.39. The van der Waals surface area contributed by atoms with E-state index in [-0.39, 0.29) is 16.0 Å². The van der Waals surface area contributed by atoms with Gasteiger partial charge in [-0.25, -0.2) is 4.79 Å². The summed E-state index contributed by atoms with van der Waals surface area (Å²) in [4.78, 5) is 13.3. The summed E-state index contributed by atoms with van der Waals surface area (Å²) in [7, 11) is 4.04. The summed E-state index contributed by atoms with van der Waals surface area (Å²) < 4.78 is 0. The van der Waals surface area contributed by atoms with E-state index in [1.165, 1.54) is 0 Å². The van der Waals surface area contributed by atoms with Crippen molar-refractivity contribution in [3.8, 4) is 0 Å². The van der Waals surface area contributed by atoms with Crippen molar-refractivity contribution in [3.63, 3.8) is 0 Å². The topological polar surface area (TPSA) is 52.6 Å². The predicted molar refractivity (Wildman–Crippen MR) is 79.2 cm³/mol. The van der Waals surface area contributed by atoms with Gasteiger partial charge in [0, 0.05) is 13.1 Å². The third kappa shape index (κ3) is 4.73. The third-order valence-electron chi connectivity index (χ3n) is 2.73. The van der Waals surface area contributed by atoms with Gasteiger partial charge in [-0.05, 0) is 31.6 Å². The molecule has 0 aliphatic heterocycles. The van der Waals surface area contributed by atoms with Gasteiger partial charge in [0.15, 0.2) is 0 Å². The van der Waals surface area contributed by atoms with Gasteiger partial charge in [0.05, 0.1) is 10.7 Å². The molecule has 1 aromatic carbocycles. The predicted octanol–water partition coefficient (Wildman–Crippen LogP) is 3.04. The molecule has 0 aliphatic carbocycles. The molecule has 19 heavy (non-hydrogen) atoms. The van der Waals surface area contributed by atoms with E-state index in [1.54, 1.807) is 18.2 Å². The van der Waals surface area contributed by atoms with Crippen molar-refractivity contribution in [1.29, 1.82) is 0 Å². The SMILES string of the molecule is CN(C)CC(C)(C)CNc1cccc(Cl)c1C(=O)O. The number of hydrogen-bond acceptors (Lipinski definition) is 3. The molecule has 5 heteroatoms. The highest BCUT2D eigenvalue weighted by atomic mass is 35.5. The van der Waals surface area contributed by atoms with Crippen LogP contribution in [0.1, 0.15) is 24.2 Å². The van der Waals surface area contributed by atoms with E-state index in [4.69, 9.17) is 11.6 Å². The molecule has 0 aromatic heterocycles. The number of carboxylic acids is 1. The van der Waals surface area contributed by atoms with Gasteiger partial charge < -0.3 is 15.3 Å². The van der Waals surface area contributed by atoms with Crippen LogP contribution in [-0.4, -0.2) is 43.2 Å². The van der Waals surface area contributed by atoms with E-state index in [2.05, 4.69) is 24.1 Å². The second-order valence-electron chi connectivity index (χ2n) is 5.72. The van der Waals surface area contributed by atoms with Crippen molar-refractivity contribution in [3.05, 3.63) is 28.8 Å². The van der Waals surface area contributed by atoms with E-state index >= 15 is 0 Å². The second kappa shape index (κ2) is 6.26. The summed E-state index contributed by atoms with van der Waals surface area (Å²) >= 11 is 5.93. The van der Waals surface area contributed by atoms with Crippen molar-refractivity contribution < 1.29 is 9.90 Å². The Balaban J connectivity index is 2.84. The number of anilines is 1. The highest BCUT2D eigenvalue weighted by Crippen LogP contribution is 2.26. The van der Waals surface area contributed by atoms with Crippen molar-refractivity contribution in [2.45, 2.75) is 13.8 Å². The zero-order valence-electron chi connectivity index (χ0n) is 11.8. The highest BCUT2D eigenvalue weighted by Gasteiger charge is 2.20. The van der Waals surface area contributed by atoms with E-state index < -0.39 is 5.97 Å². The normalized spacial score (nSPS) is 11.7.